The average molecular weight is 1050 g/mol. The molecule has 0 heterocycles. The Labute approximate surface area is 438 Å². The van der Waals surface area contributed by atoms with Crippen molar-refractivity contribution in [1.29, 1.82) is 0 Å². The third-order valence-corrected chi connectivity index (χ3v) is 11.4. The Hall–Kier alpha value is -6.27. The van der Waals surface area contributed by atoms with Gasteiger partial charge < -0.3 is 76.9 Å². The zero-order chi connectivity index (χ0) is 56.8. The molecule has 9 amide bonds. The molecule has 0 aromatic heterocycles. The van der Waals surface area contributed by atoms with Crippen LogP contribution in [0.15, 0.2) is 9.98 Å². The fourth-order valence-corrected chi connectivity index (χ4v) is 7.79. The van der Waals surface area contributed by atoms with Gasteiger partial charge in [-0.15, -0.1) is 0 Å². The van der Waals surface area contributed by atoms with E-state index >= 15 is 0 Å². The van der Waals surface area contributed by atoms with Gasteiger partial charge in [0.05, 0.1) is 0 Å². The summed E-state index contributed by atoms with van der Waals surface area (Å²) in [6.07, 6.45) is 2.52. The zero-order valence-electron chi connectivity index (χ0n) is 45.9. The van der Waals surface area contributed by atoms with Crippen LogP contribution in [0, 0.1) is 29.6 Å². The first kappa shape index (κ1) is 67.7. The van der Waals surface area contributed by atoms with Crippen molar-refractivity contribution in [2.75, 3.05) is 19.6 Å². The average Bonchev–Trinajstić information content (AvgIpc) is 3.27. The molecule has 0 aromatic rings. The summed E-state index contributed by atoms with van der Waals surface area (Å²) in [6, 6.07) is -9.12. The van der Waals surface area contributed by atoms with Crippen LogP contribution < -0.4 is 76.9 Å². The predicted molar refractivity (Wildman–Crippen MR) is 286 cm³/mol. The predicted octanol–water partition coefficient (Wildman–Crippen LogP) is -1.55. The van der Waals surface area contributed by atoms with Crippen LogP contribution in [-0.2, 0) is 43.2 Å². The summed E-state index contributed by atoms with van der Waals surface area (Å²) < 4.78 is 0. The van der Waals surface area contributed by atoms with E-state index in [0.29, 0.717) is 32.2 Å². The number of nitrogens with zero attached hydrogens (tertiary/aromatic N) is 2. The molecule has 8 atom stereocenters. The van der Waals surface area contributed by atoms with Crippen LogP contribution in [0.3, 0.4) is 0 Å². The van der Waals surface area contributed by atoms with E-state index in [1.165, 1.54) is 6.92 Å². The number of carbonyl (C=O) groups excluding carboxylic acids is 9. The smallest absolute Gasteiger partial charge is 0.243 e. The first-order chi connectivity index (χ1) is 34.5. The number of primary amides is 1. The maximum atomic E-state index is 14.3. The molecule has 0 aromatic carbocycles. The Balaban J connectivity index is 6.77. The van der Waals surface area contributed by atoms with Gasteiger partial charge in [-0.25, -0.2) is 0 Å². The molecule has 0 unspecified atom stereocenters. The summed E-state index contributed by atoms with van der Waals surface area (Å²) in [5.74, 6) is -7.12. The molecule has 424 valence electrons. The second-order valence-corrected chi connectivity index (χ2v) is 21.0. The van der Waals surface area contributed by atoms with Crippen molar-refractivity contribution in [3.05, 3.63) is 0 Å². The number of unbranched alkanes of at least 4 members (excludes halogenated alkanes) is 1. The molecular weight excluding hydrogens is 957 g/mol. The van der Waals surface area contributed by atoms with Gasteiger partial charge in [-0.3, -0.25) is 53.1 Å². The van der Waals surface area contributed by atoms with E-state index in [0.717, 1.165) is 0 Å². The molecular formula is C49H94N16O9. The van der Waals surface area contributed by atoms with Crippen LogP contribution in [0.2, 0.25) is 0 Å². The molecule has 0 fully saturated rings. The monoisotopic (exact) mass is 1050 g/mol. The molecule has 25 nitrogen and oxygen atoms in total. The van der Waals surface area contributed by atoms with Gasteiger partial charge in [0.25, 0.3) is 0 Å². The van der Waals surface area contributed by atoms with Gasteiger partial charge in [0.1, 0.15) is 48.3 Å². The number of amides is 9. The van der Waals surface area contributed by atoms with E-state index in [2.05, 4.69) is 52.5 Å². The van der Waals surface area contributed by atoms with Crippen molar-refractivity contribution in [3.8, 4) is 0 Å². The summed E-state index contributed by atoms with van der Waals surface area (Å²) in [5.41, 5.74) is 33.2. The summed E-state index contributed by atoms with van der Waals surface area (Å²) in [6.45, 7) is 20.2. The summed E-state index contributed by atoms with van der Waals surface area (Å²) in [4.78, 5) is 130. The van der Waals surface area contributed by atoms with Gasteiger partial charge in [0.15, 0.2) is 11.9 Å². The van der Waals surface area contributed by atoms with E-state index in [4.69, 9.17) is 34.4 Å². The van der Waals surface area contributed by atoms with E-state index in [-0.39, 0.29) is 93.6 Å². The summed E-state index contributed by atoms with van der Waals surface area (Å²) in [5, 5.41) is 21.8. The quantitative estimate of drug-likeness (QED) is 0.0190. The molecule has 0 rings (SSSR count). The number of guanidine groups is 2. The lowest BCUT2D eigenvalue weighted by Gasteiger charge is -2.30. The SMILES string of the molecule is CC(=O)N[C@@H](CC(C)C)C(=O)N[C@H](CC(C)C)C(=O)N[C@@H](CC(C)C)C(=O)N[C@@H](CC(C)C)C(=O)N[C@@H](CCCN=C(N)N)C(=O)N[C@H](C(=O)N[C@@H](CCCCN)C(=O)N[C@@H](CCCN=C(N)N)C(N)=O)C(C)C. The van der Waals surface area contributed by atoms with Gasteiger partial charge >= 0.3 is 0 Å². The number of rotatable bonds is 37. The summed E-state index contributed by atoms with van der Waals surface area (Å²) in [7, 11) is 0. The molecule has 20 N–H and O–H groups in total. The molecule has 0 saturated heterocycles. The van der Waals surface area contributed by atoms with Crippen molar-refractivity contribution in [3.63, 3.8) is 0 Å². The number of nitrogens with one attached hydrogen (secondary N) is 8. The Kier molecular flexibility index (Phi) is 32.8. The fourth-order valence-electron chi connectivity index (χ4n) is 7.79. The number of hydrogen-bond donors (Lipinski definition) is 14. The van der Waals surface area contributed by atoms with Crippen LogP contribution in [0.25, 0.3) is 0 Å². The Morgan fingerprint density at radius 3 is 1.00 bits per heavy atom. The Morgan fingerprint density at radius 2 is 0.676 bits per heavy atom. The fraction of sp³-hybridized carbons (Fsp3) is 0.776. The van der Waals surface area contributed by atoms with Gasteiger partial charge in [-0.05, 0) is 107 Å². The van der Waals surface area contributed by atoms with Gasteiger partial charge in [-0.1, -0.05) is 69.2 Å². The van der Waals surface area contributed by atoms with Crippen molar-refractivity contribution in [2.24, 2.45) is 74.0 Å². The van der Waals surface area contributed by atoms with Crippen molar-refractivity contribution in [2.45, 2.75) is 195 Å². The molecule has 0 bridgehead atoms. The van der Waals surface area contributed by atoms with E-state index in [1.54, 1.807) is 13.8 Å². The highest BCUT2D eigenvalue weighted by atomic mass is 16.2. The van der Waals surface area contributed by atoms with Gasteiger partial charge in [0.2, 0.25) is 53.2 Å². The van der Waals surface area contributed by atoms with Gasteiger partial charge in [0, 0.05) is 20.0 Å². The number of aliphatic imine (C=N–C) groups is 2. The topological polar surface area (TPSA) is 431 Å². The molecule has 25 heteroatoms. The van der Waals surface area contributed by atoms with E-state index in [1.807, 2.05) is 55.4 Å². The van der Waals surface area contributed by atoms with Crippen LogP contribution in [0.1, 0.15) is 147 Å². The van der Waals surface area contributed by atoms with Crippen molar-refractivity contribution >= 4 is 65.1 Å². The lowest BCUT2D eigenvalue weighted by Crippen LogP contribution is -2.61. The Morgan fingerprint density at radius 1 is 0.378 bits per heavy atom. The van der Waals surface area contributed by atoms with Gasteiger partial charge in [-0.2, -0.15) is 0 Å². The third kappa shape index (κ3) is 29.4. The zero-order valence-corrected chi connectivity index (χ0v) is 45.9. The van der Waals surface area contributed by atoms with Crippen LogP contribution in [-0.4, -0.2) is 133 Å². The molecule has 0 aliphatic rings. The standard InChI is InChI=1S/C49H94N16O9/c1-26(2)22-35(58-31(11)66)43(70)62-37(24-28(5)6)45(72)64-38(25-29(7)8)46(73)63-36(23-27(3)4)44(71)60-34(18-15-21-57-49(54)55)42(69)65-39(30(9)10)47(74)61-33(16-12-13-19-50)41(68)59-32(40(51)67)17-14-20-56-48(52)53/h26-30,32-39H,12-25,50H2,1-11H3,(H2,51,67)(H,58,66)(H,59,68)(H,60,71)(H,61,74)(H,62,70)(H,63,73)(H,64,72)(H,65,69)(H4,52,53,56)(H4,54,55,57)/t32-,33-,34-,35-,36-,37+,38-,39-/m0/s1. The van der Waals surface area contributed by atoms with E-state index < -0.39 is 107 Å². The van der Waals surface area contributed by atoms with E-state index in [9.17, 15) is 43.2 Å². The molecule has 0 saturated carbocycles. The van der Waals surface area contributed by atoms with Crippen LogP contribution >= 0.6 is 0 Å². The lowest BCUT2D eigenvalue weighted by atomic mass is 9.97. The highest BCUT2D eigenvalue weighted by Crippen LogP contribution is 2.14. The first-order valence-corrected chi connectivity index (χ1v) is 26.0. The van der Waals surface area contributed by atoms with Crippen molar-refractivity contribution < 1.29 is 43.2 Å². The third-order valence-electron chi connectivity index (χ3n) is 11.4. The molecule has 0 spiro atoms. The maximum Gasteiger partial charge on any atom is 0.243 e. The second kappa shape index (κ2) is 35.8. The van der Waals surface area contributed by atoms with Crippen LogP contribution in [0.4, 0.5) is 0 Å². The largest absolute Gasteiger partial charge is 0.370 e. The minimum atomic E-state index is -1.29. The van der Waals surface area contributed by atoms with Crippen molar-refractivity contribution in [1.82, 2.24) is 42.5 Å². The lowest BCUT2D eigenvalue weighted by molar-refractivity contribution is -0.136. The Bertz CT molecular complexity index is 1870. The first-order valence-electron chi connectivity index (χ1n) is 26.0. The van der Waals surface area contributed by atoms with Crippen LogP contribution in [0.5, 0.6) is 0 Å². The summed E-state index contributed by atoms with van der Waals surface area (Å²) >= 11 is 0. The highest BCUT2D eigenvalue weighted by Gasteiger charge is 2.36. The number of nitrogens with two attached hydrogens (primary N) is 6. The maximum absolute atomic E-state index is 14.3. The minimum absolute atomic E-state index is 0.0140. The second-order valence-electron chi connectivity index (χ2n) is 21.0. The number of carbonyl (C=O) groups is 9. The number of hydrogen-bond acceptors (Lipinski definition) is 12. The molecule has 0 aliphatic heterocycles. The molecule has 0 radical (unpaired) electrons. The normalized spacial score (nSPS) is 14.6. The molecule has 0 aliphatic carbocycles. The molecule has 74 heavy (non-hydrogen) atoms. The minimum Gasteiger partial charge on any atom is -0.370 e. The highest BCUT2D eigenvalue weighted by molar-refractivity contribution is 5.98.